The number of nitrogens with zero attached hydrogens (tertiary/aromatic N) is 3. The lowest BCUT2D eigenvalue weighted by Gasteiger charge is -2.47. The number of halogens is 1. The van der Waals surface area contributed by atoms with E-state index in [-0.39, 0.29) is 50.0 Å². The van der Waals surface area contributed by atoms with Gasteiger partial charge in [0, 0.05) is 30.1 Å². The molecule has 264 valence electrons. The molecule has 13 heteroatoms. The summed E-state index contributed by atoms with van der Waals surface area (Å²) >= 11 is 0. The number of ketones is 1. The molecule has 47 heavy (non-hydrogen) atoms. The van der Waals surface area contributed by atoms with Crippen molar-refractivity contribution in [2.45, 2.75) is 128 Å². The Morgan fingerprint density at radius 2 is 1.85 bits per heavy atom. The van der Waals surface area contributed by atoms with E-state index < -0.39 is 71.8 Å². The Morgan fingerprint density at radius 1 is 1.17 bits per heavy atom. The van der Waals surface area contributed by atoms with Gasteiger partial charge in [-0.05, 0) is 60.0 Å². The summed E-state index contributed by atoms with van der Waals surface area (Å²) in [6.07, 6.45) is -1.53. The topological polar surface area (TPSA) is 136 Å². The van der Waals surface area contributed by atoms with Gasteiger partial charge in [-0.15, -0.1) is 6.42 Å². The predicted octanol–water partition coefficient (Wildman–Crippen LogP) is 2.78. The lowest BCUT2D eigenvalue weighted by atomic mass is 9.73. The quantitative estimate of drug-likeness (QED) is 0.256. The van der Waals surface area contributed by atoms with E-state index in [4.69, 9.17) is 35.1 Å². The van der Waals surface area contributed by atoms with Gasteiger partial charge < -0.3 is 33.7 Å². The molecular formula is C34H52FN3O9. The van der Waals surface area contributed by atoms with Crippen molar-refractivity contribution in [1.82, 2.24) is 9.80 Å². The van der Waals surface area contributed by atoms with E-state index in [1.165, 1.54) is 6.92 Å². The monoisotopic (exact) mass is 665 g/mol. The molecule has 0 aromatic carbocycles. The van der Waals surface area contributed by atoms with Gasteiger partial charge in [0.15, 0.2) is 17.7 Å². The normalized spacial score (nSPS) is 43.4. The maximum Gasteiger partial charge on any atom is 0.410 e. The summed E-state index contributed by atoms with van der Waals surface area (Å²) in [4.78, 5) is 48.8. The van der Waals surface area contributed by atoms with Crippen molar-refractivity contribution in [3.8, 4) is 12.3 Å². The Hall–Kier alpha value is -2.63. The number of hydrogen-bond acceptors (Lipinski definition) is 11. The van der Waals surface area contributed by atoms with Crippen LogP contribution in [0.1, 0.15) is 67.7 Å². The van der Waals surface area contributed by atoms with Gasteiger partial charge in [0.1, 0.15) is 18.8 Å². The molecule has 4 heterocycles. The molecule has 1 N–H and O–H groups in total. The van der Waals surface area contributed by atoms with Gasteiger partial charge in [0.05, 0.1) is 30.4 Å². The van der Waals surface area contributed by atoms with E-state index in [9.17, 15) is 19.5 Å². The van der Waals surface area contributed by atoms with Crippen LogP contribution in [-0.4, -0.2) is 132 Å². The van der Waals surface area contributed by atoms with Crippen molar-refractivity contribution in [3.63, 3.8) is 0 Å². The van der Waals surface area contributed by atoms with Crippen LogP contribution in [0.4, 0.5) is 9.18 Å². The molecule has 0 spiro atoms. The molecule has 4 aliphatic rings. The molecule has 3 saturated heterocycles. The number of cyclic esters (lactones) is 1. The molecule has 0 aromatic rings. The third-order valence-electron chi connectivity index (χ3n) is 10.5. The Balaban J connectivity index is 1.84. The fourth-order valence-electron chi connectivity index (χ4n) is 8.25. The smallest absolute Gasteiger partial charge is 0.410 e. The number of aliphatic hydroxyl groups is 1. The highest BCUT2D eigenvalue weighted by Crippen LogP contribution is 2.44. The van der Waals surface area contributed by atoms with Gasteiger partial charge in [-0.25, -0.2) is 14.0 Å². The molecule has 13 atom stereocenters. The average Bonchev–Trinajstić information content (AvgIpc) is 3.14. The standard InChI is InChI=1S/C34H52FN3O9/c1-11-15-43-33(7)17-18(3)25-20(5)28-34(8,47-32(42)38(28)14-13-36-25)23(12-2)45-30(41)24(35)26(39)21(6)29(33)46-31-27(40)22(37(9)10)16-19(4)44-31/h1,18-24,27-29,31,40H,12-17H2,2-10H3/t18-,19-,20+,21+,22+,23-,24?,27-,28-,29-,31+,33+,34-/m1/s1. The first-order chi connectivity index (χ1) is 22.0. The van der Waals surface area contributed by atoms with Crippen LogP contribution in [0.2, 0.25) is 0 Å². The highest BCUT2D eigenvalue weighted by Gasteiger charge is 2.60. The summed E-state index contributed by atoms with van der Waals surface area (Å²) in [7, 11) is 3.68. The van der Waals surface area contributed by atoms with E-state index >= 15 is 4.39 Å². The highest BCUT2D eigenvalue weighted by atomic mass is 19.1. The predicted molar refractivity (Wildman–Crippen MR) is 170 cm³/mol. The molecular weight excluding hydrogens is 613 g/mol. The summed E-state index contributed by atoms with van der Waals surface area (Å²) in [5.74, 6) is -1.94. The lowest BCUT2D eigenvalue weighted by Crippen LogP contribution is -2.60. The summed E-state index contributed by atoms with van der Waals surface area (Å²) in [5.41, 5.74) is -1.92. The van der Waals surface area contributed by atoms with Crippen LogP contribution in [0.25, 0.3) is 0 Å². The van der Waals surface area contributed by atoms with Crippen molar-refractivity contribution in [2.24, 2.45) is 22.7 Å². The number of aliphatic hydroxyl groups excluding tert-OH is 1. The van der Waals surface area contributed by atoms with Crippen LogP contribution in [0, 0.1) is 30.1 Å². The molecule has 4 rings (SSSR count). The number of esters is 1. The van der Waals surface area contributed by atoms with Gasteiger partial charge in [0.2, 0.25) is 0 Å². The second-order valence-corrected chi connectivity index (χ2v) is 14.2. The molecule has 0 aromatic heterocycles. The summed E-state index contributed by atoms with van der Waals surface area (Å²) in [6.45, 7) is 12.8. The van der Waals surface area contributed by atoms with E-state index in [0.29, 0.717) is 13.0 Å². The zero-order valence-corrected chi connectivity index (χ0v) is 29.1. The summed E-state index contributed by atoms with van der Waals surface area (Å²) in [6, 6.07) is -0.915. The maximum absolute atomic E-state index is 16.0. The number of carbonyl (C=O) groups is 3. The minimum atomic E-state index is -2.67. The fraction of sp³-hybridized carbons (Fsp3) is 0.824. The highest BCUT2D eigenvalue weighted by molar-refractivity contribution is 6.03. The van der Waals surface area contributed by atoms with Crippen molar-refractivity contribution in [1.29, 1.82) is 0 Å². The molecule has 1 unspecified atom stereocenters. The first-order valence-corrected chi connectivity index (χ1v) is 16.7. The zero-order valence-electron chi connectivity index (χ0n) is 29.1. The first kappa shape index (κ1) is 37.2. The number of ether oxygens (including phenoxy) is 5. The number of amides is 1. The number of alkyl halides is 1. The van der Waals surface area contributed by atoms with Crippen molar-refractivity contribution < 1.29 is 47.6 Å². The van der Waals surface area contributed by atoms with Gasteiger partial charge >= 0.3 is 12.1 Å². The molecule has 4 aliphatic heterocycles. The minimum absolute atomic E-state index is 0.160. The Bertz CT molecular complexity index is 1260. The fourth-order valence-corrected chi connectivity index (χ4v) is 8.25. The summed E-state index contributed by atoms with van der Waals surface area (Å²) in [5, 5.41) is 11.3. The van der Waals surface area contributed by atoms with Crippen LogP contribution < -0.4 is 0 Å². The number of carbonyl (C=O) groups excluding carboxylic acids is 3. The number of aliphatic imine (C=N–C) groups is 1. The van der Waals surface area contributed by atoms with Crippen molar-refractivity contribution in [3.05, 3.63) is 0 Å². The van der Waals surface area contributed by atoms with Crippen molar-refractivity contribution >= 4 is 23.6 Å². The Labute approximate surface area is 277 Å². The van der Waals surface area contributed by atoms with Crippen LogP contribution in [0.3, 0.4) is 0 Å². The first-order valence-electron chi connectivity index (χ1n) is 16.7. The molecule has 1 amide bonds. The third-order valence-corrected chi connectivity index (χ3v) is 10.5. The number of likely N-dealkylation sites (N-methyl/N-ethyl adjacent to an activating group) is 1. The maximum atomic E-state index is 16.0. The number of rotatable bonds is 6. The van der Waals surface area contributed by atoms with Gasteiger partial charge in [-0.2, -0.15) is 0 Å². The van der Waals surface area contributed by atoms with Crippen molar-refractivity contribution in [2.75, 3.05) is 33.8 Å². The van der Waals surface area contributed by atoms with Gasteiger partial charge in [0.25, 0.3) is 6.17 Å². The number of terminal acetylenes is 1. The SMILES string of the molecule is C#CCO[C@@]1(C)C[C@@H](C)C2=NCCN3C(=O)O[C@](C)([C@@H](CC)OC(=O)C(F)C(=O)[C@H](C)[C@H]1O[C@@H]1O[C@H](C)C[C@H](N(C)C)[C@H]1O)[C@H]3[C@H]2C. The molecule has 0 radical (unpaired) electrons. The van der Waals surface area contributed by atoms with Gasteiger partial charge in [-0.3, -0.25) is 14.7 Å². The summed E-state index contributed by atoms with van der Waals surface area (Å²) < 4.78 is 46.5. The minimum Gasteiger partial charge on any atom is -0.456 e. The van der Waals surface area contributed by atoms with Crippen LogP contribution in [0.5, 0.6) is 0 Å². The second-order valence-electron chi connectivity index (χ2n) is 14.2. The Kier molecular flexibility index (Phi) is 11.4. The van der Waals surface area contributed by atoms with E-state index in [2.05, 4.69) is 5.92 Å². The van der Waals surface area contributed by atoms with E-state index in [0.717, 1.165) is 5.71 Å². The van der Waals surface area contributed by atoms with Crippen LogP contribution in [0.15, 0.2) is 4.99 Å². The number of fused-ring (bicyclic) bond motifs is 1. The second kappa shape index (κ2) is 14.5. The van der Waals surface area contributed by atoms with E-state index in [1.54, 1.807) is 25.7 Å². The number of Topliss-reactive ketones (excluding diaryl/α,β-unsaturated/α-hetero) is 1. The zero-order chi connectivity index (χ0) is 35.0. The van der Waals surface area contributed by atoms with Crippen LogP contribution in [-0.2, 0) is 33.3 Å². The Morgan fingerprint density at radius 3 is 2.47 bits per heavy atom. The van der Waals surface area contributed by atoms with Crippen LogP contribution >= 0.6 is 0 Å². The molecule has 12 nitrogen and oxygen atoms in total. The number of hydrogen-bond donors (Lipinski definition) is 1. The lowest BCUT2D eigenvalue weighted by molar-refractivity contribution is -0.296. The van der Waals surface area contributed by atoms with Gasteiger partial charge in [-0.1, -0.05) is 33.6 Å². The molecule has 0 saturated carbocycles. The van der Waals surface area contributed by atoms with E-state index in [1.807, 2.05) is 39.8 Å². The molecule has 2 bridgehead atoms. The largest absolute Gasteiger partial charge is 0.456 e. The molecule has 3 fully saturated rings. The third kappa shape index (κ3) is 7.08. The average molecular weight is 666 g/mol. The molecule has 0 aliphatic carbocycles.